The first-order valence-electron chi connectivity index (χ1n) is 12.3. The van der Waals surface area contributed by atoms with Crippen molar-refractivity contribution >= 4 is 10.9 Å². The van der Waals surface area contributed by atoms with Crippen molar-refractivity contribution in [3.63, 3.8) is 0 Å². The molecule has 0 spiro atoms. The van der Waals surface area contributed by atoms with E-state index < -0.39 is 0 Å². The van der Waals surface area contributed by atoms with Crippen molar-refractivity contribution < 1.29 is 4.42 Å². The first-order chi connectivity index (χ1) is 16.6. The van der Waals surface area contributed by atoms with E-state index in [0.29, 0.717) is 18.7 Å². The molecule has 8 nitrogen and oxygen atoms in total. The summed E-state index contributed by atoms with van der Waals surface area (Å²) in [5, 5.41) is 13.9. The van der Waals surface area contributed by atoms with Gasteiger partial charge in [0, 0.05) is 17.6 Å². The highest BCUT2D eigenvalue weighted by Crippen LogP contribution is 2.33. The van der Waals surface area contributed by atoms with E-state index in [1.165, 1.54) is 5.56 Å². The Balaban J connectivity index is 1.80. The Morgan fingerprint density at radius 1 is 1.14 bits per heavy atom. The maximum Gasteiger partial charge on any atom is 0.252 e. The van der Waals surface area contributed by atoms with Crippen molar-refractivity contribution in [2.45, 2.75) is 79.6 Å². The molecule has 8 heteroatoms. The lowest BCUT2D eigenvalue weighted by atomic mass is 9.97. The lowest BCUT2D eigenvalue weighted by Gasteiger charge is -2.35. The summed E-state index contributed by atoms with van der Waals surface area (Å²) in [6.45, 7) is 15.8. The molecule has 0 saturated heterocycles. The third-order valence-electron chi connectivity index (χ3n) is 7.07. The molecule has 0 bridgehead atoms. The third kappa shape index (κ3) is 5.07. The summed E-state index contributed by atoms with van der Waals surface area (Å²) in [4.78, 5) is 18.5. The monoisotopic (exact) mass is 476 g/mol. The van der Waals surface area contributed by atoms with Crippen LogP contribution in [0.15, 0.2) is 45.8 Å². The summed E-state index contributed by atoms with van der Waals surface area (Å²) < 4.78 is 7.65. The highest BCUT2D eigenvalue weighted by atomic mass is 16.3. The lowest BCUT2D eigenvalue weighted by molar-refractivity contribution is 0.109. The molecule has 1 atom stereocenters. The molecule has 0 aliphatic rings. The highest BCUT2D eigenvalue weighted by Gasteiger charge is 2.34. The number of pyridine rings is 1. The number of hydrogen-bond donors (Lipinski definition) is 1. The Bertz CT molecular complexity index is 1350. The van der Waals surface area contributed by atoms with Gasteiger partial charge in [0.05, 0.1) is 24.4 Å². The van der Waals surface area contributed by atoms with Gasteiger partial charge in [0.15, 0.2) is 5.82 Å². The summed E-state index contributed by atoms with van der Waals surface area (Å²) in [5.41, 5.74) is 3.59. The molecule has 0 fully saturated rings. The van der Waals surface area contributed by atoms with E-state index in [-0.39, 0.29) is 23.1 Å². The molecule has 4 aromatic rings. The zero-order valence-corrected chi connectivity index (χ0v) is 21.8. The Hall–Kier alpha value is -3.26. The smallest absolute Gasteiger partial charge is 0.252 e. The van der Waals surface area contributed by atoms with Gasteiger partial charge in [-0.1, -0.05) is 20.8 Å². The standard InChI is InChI=1S/C27H36N6O2/c1-8-27(6,7)33-25(29-30-31-33)24(17(2)3)32(16-22-10-9-11-35-22)15-21-14-20-12-18(4)19(5)13-23(20)28-26(21)34/h9-14,17,24H,8,15-16H2,1-7H3,(H,28,34)/t24-/m1/s1. The number of furan rings is 1. The second kappa shape index (κ2) is 9.77. The molecule has 0 aliphatic carbocycles. The molecular weight excluding hydrogens is 440 g/mol. The van der Waals surface area contributed by atoms with Crippen molar-refractivity contribution in [3.8, 4) is 0 Å². The van der Waals surface area contributed by atoms with Gasteiger partial charge in [-0.15, -0.1) is 5.10 Å². The number of fused-ring (bicyclic) bond motifs is 1. The minimum absolute atomic E-state index is 0.0822. The average Bonchev–Trinajstić information content (AvgIpc) is 3.48. The summed E-state index contributed by atoms with van der Waals surface area (Å²) in [6, 6.07) is 9.89. The molecule has 0 unspecified atom stereocenters. The van der Waals surface area contributed by atoms with Gasteiger partial charge in [0.25, 0.3) is 5.56 Å². The summed E-state index contributed by atoms with van der Waals surface area (Å²) in [7, 11) is 0. The van der Waals surface area contributed by atoms with Crippen LogP contribution in [0.4, 0.5) is 0 Å². The molecule has 1 N–H and O–H groups in total. The van der Waals surface area contributed by atoms with E-state index in [1.54, 1.807) is 6.26 Å². The Morgan fingerprint density at radius 3 is 2.54 bits per heavy atom. The third-order valence-corrected chi connectivity index (χ3v) is 7.07. The van der Waals surface area contributed by atoms with Crippen molar-refractivity contribution in [3.05, 3.63) is 75.2 Å². The van der Waals surface area contributed by atoms with Gasteiger partial charge < -0.3 is 9.40 Å². The molecule has 0 radical (unpaired) electrons. The molecule has 4 rings (SSSR count). The van der Waals surface area contributed by atoms with Gasteiger partial charge in [0.1, 0.15) is 5.76 Å². The second-order valence-electron chi connectivity index (χ2n) is 10.4. The number of aromatic amines is 1. The second-order valence-corrected chi connectivity index (χ2v) is 10.4. The number of aromatic nitrogens is 5. The first kappa shape index (κ1) is 24.9. The fourth-order valence-electron chi connectivity index (χ4n) is 4.56. The van der Waals surface area contributed by atoms with Crippen LogP contribution in [0, 0.1) is 19.8 Å². The van der Waals surface area contributed by atoms with Gasteiger partial charge in [-0.2, -0.15) is 0 Å². The van der Waals surface area contributed by atoms with Crippen LogP contribution in [0.2, 0.25) is 0 Å². The van der Waals surface area contributed by atoms with E-state index in [9.17, 15) is 4.79 Å². The first-order valence-corrected chi connectivity index (χ1v) is 12.3. The Labute approximate surface area is 206 Å². The molecule has 3 heterocycles. The van der Waals surface area contributed by atoms with Crippen molar-refractivity contribution in [1.82, 2.24) is 30.1 Å². The van der Waals surface area contributed by atoms with Crippen LogP contribution in [-0.2, 0) is 18.6 Å². The topological polar surface area (TPSA) is 92.8 Å². The van der Waals surface area contributed by atoms with Gasteiger partial charge in [-0.3, -0.25) is 9.69 Å². The number of aryl methyl sites for hydroxylation is 2. The van der Waals surface area contributed by atoms with E-state index >= 15 is 0 Å². The van der Waals surface area contributed by atoms with Gasteiger partial charge in [-0.05, 0) is 97.3 Å². The van der Waals surface area contributed by atoms with Crippen LogP contribution in [0.3, 0.4) is 0 Å². The minimum atomic E-state index is -0.238. The van der Waals surface area contributed by atoms with E-state index in [1.807, 2.05) is 28.9 Å². The quantitative estimate of drug-likeness (QED) is 0.354. The molecule has 0 amide bonds. The number of nitrogens with zero attached hydrogens (tertiary/aromatic N) is 5. The summed E-state index contributed by atoms with van der Waals surface area (Å²) in [5.74, 6) is 1.81. The Kier molecular flexibility index (Phi) is 6.94. The maximum absolute atomic E-state index is 13.2. The van der Waals surface area contributed by atoms with E-state index in [2.05, 4.69) is 79.9 Å². The van der Waals surface area contributed by atoms with Crippen molar-refractivity contribution in [2.24, 2.45) is 5.92 Å². The number of nitrogens with one attached hydrogen (secondary N) is 1. The zero-order chi connectivity index (χ0) is 25.3. The molecule has 0 aliphatic heterocycles. The Morgan fingerprint density at radius 2 is 1.89 bits per heavy atom. The van der Waals surface area contributed by atoms with E-state index in [4.69, 9.17) is 4.42 Å². The predicted molar refractivity (Wildman–Crippen MR) is 137 cm³/mol. The highest BCUT2D eigenvalue weighted by molar-refractivity contribution is 5.80. The average molecular weight is 477 g/mol. The van der Waals surface area contributed by atoms with Crippen LogP contribution in [-0.4, -0.2) is 30.1 Å². The number of benzene rings is 1. The van der Waals surface area contributed by atoms with Crippen LogP contribution in [0.25, 0.3) is 10.9 Å². The van der Waals surface area contributed by atoms with Crippen LogP contribution < -0.4 is 5.56 Å². The fraction of sp³-hybridized carbons (Fsp3) is 0.481. The van der Waals surface area contributed by atoms with Crippen LogP contribution in [0.1, 0.15) is 75.4 Å². The fourth-order valence-corrected chi connectivity index (χ4v) is 4.56. The van der Waals surface area contributed by atoms with Gasteiger partial charge >= 0.3 is 0 Å². The van der Waals surface area contributed by atoms with Crippen molar-refractivity contribution in [1.29, 1.82) is 0 Å². The molecule has 0 saturated carbocycles. The zero-order valence-electron chi connectivity index (χ0n) is 21.8. The number of rotatable bonds is 9. The van der Waals surface area contributed by atoms with Gasteiger partial charge in [-0.25, -0.2) is 4.68 Å². The van der Waals surface area contributed by atoms with Gasteiger partial charge in [0.2, 0.25) is 0 Å². The summed E-state index contributed by atoms with van der Waals surface area (Å²) >= 11 is 0. The lowest BCUT2D eigenvalue weighted by Crippen LogP contribution is -2.38. The molecule has 3 aromatic heterocycles. The molecule has 186 valence electrons. The van der Waals surface area contributed by atoms with Crippen molar-refractivity contribution in [2.75, 3.05) is 0 Å². The SMILES string of the molecule is CCC(C)(C)n1nnnc1[C@@H](C(C)C)N(Cc1ccco1)Cc1cc2cc(C)c(C)cc2[nH]c1=O. The maximum atomic E-state index is 13.2. The molecular formula is C27H36N6O2. The summed E-state index contributed by atoms with van der Waals surface area (Å²) in [6.07, 6.45) is 2.56. The van der Waals surface area contributed by atoms with E-state index in [0.717, 1.165) is 34.5 Å². The predicted octanol–water partition coefficient (Wildman–Crippen LogP) is 5.27. The number of tetrazole rings is 1. The van der Waals surface area contributed by atoms with Crippen LogP contribution >= 0.6 is 0 Å². The molecule has 35 heavy (non-hydrogen) atoms. The minimum Gasteiger partial charge on any atom is -0.468 e. The largest absolute Gasteiger partial charge is 0.468 e. The number of H-pyrrole nitrogens is 1. The number of hydrogen-bond acceptors (Lipinski definition) is 6. The molecule has 1 aromatic carbocycles. The van der Waals surface area contributed by atoms with Crippen LogP contribution in [0.5, 0.6) is 0 Å². The normalized spacial score (nSPS) is 13.3.